The van der Waals surface area contributed by atoms with Gasteiger partial charge in [-0.2, -0.15) is 0 Å². The van der Waals surface area contributed by atoms with Crippen molar-refractivity contribution in [3.63, 3.8) is 0 Å². The Morgan fingerprint density at radius 2 is 2.22 bits per heavy atom. The van der Waals surface area contributed by atoms with Crippen LogP contribution in [0.1, 0.15) is 0 Å². The summed E-state index contributed by atoms with van der Waals surface area (Å²) >= 11 is 0. The van der Waals surface area contributed by atoms with Gasteiger partial charge in [0.15, 0.2) is 6.10 Å². The Labute approximate surface area is 105 Å². The predicted molar refractivity (Wildman–Crippen MR) is 64.1 cm³/mol. The zero-order chi connectivity index (χ0) is 13.8. The Morgan fingerprint density at radius 3 is 2.78 bits per heavy atom. The minimum absolute atomic E-state index is 0.0421. The zero-order valence-corrected chi connectivity index (χ0v) is 10.5. The molecule has 0 aromatic heterocycles. The monoisotopic (exact) mass is 274 g/mol. The van der Waals surface area contributed by atoms with E-state index in [4.69, 9.17) is 5.73 Å². The van der Waals surface area contributed by atoms with Crippen molar-refractivity contribution in [2.24, 2.45) is 0 Å². The van der Waals surface area contributed by atoms with E-state index in [2.05, 4.69) is 9.46 Å². The van der Waals surface area contributed by atoms with Crippen molar-refractivity contribution in [2.45, 2.75) is 11.0 Å². The molecule has 7 nitrogen and oxygen atoms in total. The fourth-order valence-corrected chi connectivity index (χ4v) is 2.27. The maximum Gasteiger partial charge on any atom is 0.336 e. The van der Waals surface area contributed by atoms with Crippen molar-refractivity contribution in [3.8, 4) is 0 Å². The van der Waals surface area contributed by atoms with Crippen LogP contribution in [0.2, 0.25) is 0 Å². The van der Waals surface area contributed by atoms with Crippen molar-refractivity contribution < 1.29 is 23.1 Å². The van der Waals surface area contributed by atoms with Crippen molar-refractivity contribution in [1.29, 1.82) is 0 Å². The van der Waals surface area contributed by atoms with Crippen LogP contribution >= 0.6 is 0 Å². The summed E-state index contributed by atoms with van der Waals surface area (Å²) in [5.41, 5.74) is 5.76. The van der Waals surface area contributed by atoms with Crippen LogP contribution in [0, 0.1) is 0 Å². The summed E-state index contributed by atoms with van der Waals surface area (Å²) < 4.78 is 29.9. The van der Waals surface area contributed by atoms with Crippen molar-refractivity contribution in [3.05, 3.63) is 24.3 Å². The Balaban J connectivity index is 2.75. The Kier molecular flexibility index (Phi) is 4.65. The molecule has 0 radical (unpaired) electrons. The number of aliphatic hydroxyl groups is 1. The predicted octanol–water partition coefficient (Wildman–Crippen LogP) is -0.919. The molecule has 0 aliphatic carbocycles. The molecule has 1 aromatic carbocycles. The minimum atomic E-state index is -3.82. The van der Waals surface area contributed by atoms with E-state index < -0.39 is 28.6 Å². The minimum Gasteiger partial charge on any atom is -0.467 e. The summed E-state index contributed by atoms with van der Waals surface area (Å²) in [6, 6.07) is 5.65. The number of hydrogen-bond acceptors (Lipinski definition) is 6. The number of methoxy groups -OCH3 is 1. The van der Waals surface area contributed by atoms with Gasteiger partial charge in [-0.3, -0.25) is 0 Å². The molecule has 4 N–H and O–H groups in total. The molecule has 0 spiro atoms. The number of esters is 1. The summed E-state index contributed by atoms with van der Waals surface area (Å²) in [7, 11) is -2.72. The average Bonchev–Trinajstić information content (AvgIpc) is 2.35. The number of benzene rings is 1. The van der Waals surface area contributed by atoms with E-state index in [1.54, 1.807) is 6.07 Å². The van der Waals surface area contributed by atoms with E-state index in [0.717, 1.165) is 7.11 Å². The number of rotatable bonds is 5. The van der Waals surface area contributed by atoms with Crippen LogP contribution in [0.5, 0.6) is 0 Å². The molecule has 0 bridgehead atoms. The second-order valence-corrected chi connectivity index (χ2v) is 5.23. The van der Waals surface area contributed by atoms with Crippen molar-refractivity contribution >= 4 is 21.7 Å². The number of hydrogen-bond donors (Lipinski definition) is 3. The Morgan fingerprint density at radius 1 is 1.56 bits per heavy atom. The highest BCUT2D eigenvalue weighted by Crippen LogP contribution is 2.12. The highest BCUT2D eigenvalue weighted by atomic mass is 32.2. The van der Waals surface area contributed by atoms with E-state index in [9.17, 15) is 18.3 Å². The lowest BCUT2D eigenvalue weighted by atomic mass is 10.3. The molecule has 0 heterocycles. The van der Waals surface area contributed by atoms with Crippen LogP contribution in [-0.4, -0.2) is 39.3 Å². The lowest BCUT2D eigenvalue weighted by Gasteiger charge is -2.10. The topological polar surface area (TPSA) is 119 Å². The summed E-state index contributed by atoms with van der Waals surface area (Å²) in [5.74, 6) is -0.912. The fourth-order valence-electron chi connectivity index (χ4n) is 1.17. The highest BCUT2D eigenvalue weighted by Gasteiger charge is 2.20. The standard InChI is InChI=1S/C10H14N2O5S/c1-17-10(14)9(13)6-12-18(15,16)8-4-2-3-7(11)5-8/h2-5,9,12-13H,6,11H2,1H3. The largest absolute Gasteiger partial charge is 0.467 e. The normalized spacial score (nSPS) is 13.0. The SMILES string of the molecule is COC(=O)C(O)CNS(=O)(=O)c1cccc(N)c1. The molecule has 1 atom stereocenters. The summed E-state index contributed by atoms with van der Waals surface area (Å²) in [6.45, 7) is -0.468. The first-order chi connectivity index (χ1) is 8.36. The molecule has 8 heteroatoms. The number of carbonyl (C=O) groups is 1. The van der Waals surface area contributed by atoms with Crippen LogP contribution in [-0.2, 0) is 19.6 Å². The number of sulfonamides is 1. The lowest BCUT2D eigenvalue weighted by Crippen LogP contribution is -2.37. The van der Waals surface area contributed by atoms with E-state index in [1.165, 1.54) is 18.2 Å². The molecule has 0 fully saturated rings. The van der Waals surface area contributed by atoms with E-state index in [0.29, 0.717) is 5.69 Å². The van der Waals surface area contributed by atoms with Gasteiger partial charge in [0.1, 0.15) is 0 Å². The van der Waals surface area contributed by atoms with E-state index >= 15 is 0 Å². The number of carbonyl (C=O) groups excluding carboxylic acids is 1. The number of ether oxygens (including phenoxy) is 1. The maximum absolute atomic E-state index is 11.8. The molecule has 0 aliphatic rings. The Bertz CT molecular complexity index is 529. The third-order valence-electron chi connectivity index (χ3n) is 2.11. The second kappa shape index (κ2) is 5.80. The fraction of sp³-hybridized carbons (Fsp3) is 0.300. The summed E-state index contributed by atoms with van der Waals surface area (Å²) in [5, 5.41) is 9.26. The van der Waals surface area contributed by atoms with Gasteiger partial charge in [-0.25, -0.2) is 17.9 Å². The maximum atomic E-state index is 11.8. The van der Waals surface area contributed by atoms with Gasteiger partial charge in [-0.05, 0) is 18.2 Å². The number of nitrogen functional groups attached to an aromatic ring is 1. The van der Waals surface area contributed by atoms with Crippen molar-refractivity contribution in [1.82, 2.24) is 4.72 Å². The van der Waals surface area contributed by atoms with Gasteiger partial charge in [0.2, 0.25) is 10.0 Å². The van der Waals surface area contributed by atoms with Gasteiger partial charge in [-0.15, -0.1) is 0 Å². The molecule has 1 aromatic rings. The zero-order valence-electron chi connectivity index (χ0n) is 9.66. The van der Waals surface area contributed by atoms with Crippen LogP contribution in [0.3, 0.4) is 0 Å². The number of nitrogens with one attached hydrogen (secondary N) is 1. The van der Waals surface area contributed by atoms with Gasteiger partial charge >= 0.3 is 5.97 Å². The first kappa shape index (κ1) is 14.4. The first-order valence-corrected chi connectivity index (χ1v) is 6.46. The lowest BCUT2D eigenvalue weighted by molar-refractivity contribution is -0.149. The molecule has 0 amide bonds. The van der Waals surface area contributed by atoms with Gasteiger partial charge < -0.3 is 15.6 Å². The molecule has 0 aliphatic heterocycles. The Hall–Kier alpha value is -1.64. The quantitative estimate of drug-likeness (QED) is 0.472. The van der Waals surface area contributed by atoms with E-state index in [1.807, 2.05) is 0 Å². The third kappa shape index (κ3) is 3.69. The van der Waals surface area contributed by atoms with Crippen LogP contribution in [0.4, 0.5) is 5.69 Å². The van der Waals surface area contributed by atoms with Gasteiger partial charge in [-0.1, -0.05) is 6.07 Å². The van der Waals surface area contributed by atoms with E-state index in [-0.39, 0.29) is 4.90 Å². The second-order valence-electron chi connectivity index (χ2n) is 3.46. The molecule has 100 valence electrons. The number of nitrogens with two attached hydrogens (primary N) is 1. The van der Waals surface area contributed by atoms with Crippen LogP contribution in [0.25, 0.3) is 0 Å². The molecule has 1 rings (SSSR count). The van der Waals surface area contributed by atoms with Crippen LogP contribution < -0.4 is 10.5 Å². The molecule has 0 saturated carbocycles. The molecule has 18 heavy (non-hydrogen) atoms. The average molecular weight is 274 g/mol. The summed E-state index contributed by atoms with van der Waals surface area (Å²) in [6.07, 6.45) is -1.55. The smallest absolute Gasteiger partial charge is 0.336 e. The van der Waals surface area contributed by atoms with Crippen LogP contribution in [0.15, 0.2) is 29.2 Å². The molecular weight excluding hydrogens is 260 g/mol. The first-order valence-electron chi connectivity index (χ1n) is 4.98. The molecule has 0 saturated heterocycles. The molecule has 1 unspecified atom stereocenters. The third-order valence-corrected chi connectivity index (χ3v) is 3.53. The number of anilines is 1. The molecular formula is C10H14N2O5S. The number of aliphatic hydroxyl groups excluding tert-OH is 1. The van der Waals surface area contributed by atoms with Gasteiger partial charge in [0, 0.05) is 12.2 Å². The van der Waals surface area contributed by atoms with Gasteiger partial charge in [0.25, 0.3) is 0 Å². The van der Waals surface area contributed by atoms with Gasteiger partial charge in [0.05, 0.1) is 12.0 Å². The van der Waals surface area contributed by atoms with Crippen molar-refractivity contribution in [2.75, 3.05) is 19.4 Å². The summed E-state index contributed by atoms with van der Waals surface area (Å²) in [4.78, 5) is 10.9. The highest BCUT2D eigenvalue weighted by molar-refractivity contribution is 7.89.